The largest absolute Gasteiger partial charge is 0.379 e. The SMILES string of the molecule is O=C(Nc1ccc(N2CCCCC2)cc1)c1cc(=O)[nH]c2ccc(S(=O)(=O)N3CCOCC3)cc12. The second-order valence-corrected chi connectivity index (χ2v) is 10.8. The number of aromatic amines is 1. The summed E-state index contributed by atoms with van der Waals surface area (Å²) in [5.74, 6) is -0.479. The number of ether oxygens (including phenoxy) is 1. The molecule has 0 saturated carbocycles. The molecule has 2 saturated heterocycles. The van der Waals surface area contributed by atoms with E-state index in [1.807, 2.05) is 24.3 Å². The molecule has 35 heavy (non-hydrogen) atoms. The van der Waals surface area contributed by atoms with Gasteiger partial charge in [0.05, 0.1) is 23.7 Å². The first-order valence-corrected chi connectivity index (χ1v) is 13.3. The minimum Gasteiger partial charge on any atom is -0.379 e. The predicted molar refractivity (Wildman–Crippen MR) is 135 cm³/mol. The number of nitrogens with zero attached hydrogens (tertiary/aromatic N) is 2. The lowest BCUT2D eigenvalue weighted by molar-refractivity contribution is 0.0730. The molecule has 9 nitrogen and oxygen atoms in total. The van der Waals surface area contributed by atoms with E-state index in [-0.39, 0.29) is 23.5 Å². The lowest BCUT2D eigenvalue weighted by atomic mass is 10.1. The zero-order valence-corrected chi connectivity index (χ0v) is 20.1. The van der Waals surface area contributed by atoms with Crippen molar-refractivity contribution in [1.82, 2.24) is 9.29 Å². The van der Waals surface area contributed by atoms with Crippen LogP contribution in [0.3, 0.4) is 0 Å². The number of benzene rings is 2. The Morgan fingerprint density at radius 1 is 0.914 bits per heavy atom. The van der Waals surface area contributed by atoms with E-state index in [2.05, 4.69) is 15.2 Å². The van der Waals surface area contributed by atoms with Gasteiger partial charge in [-0.3, -0.25) is 9.59 Å². The summed E-state index contributed by atoms with van der Waals surface area (Å²) in [5, 5.41) is 3.21. The molecule has 2 aliphatic heterocycles. The Balaban J connectivity index is 1.43. The molecule has 0 radical (unpaired) electrons. The normalized spacial score (nSPS) is 17.4. The van der Waals surface area contributed by atoms with Crippen molar-refractivity contribution in [3.8, 4) is 0 Å². The van der Waals surface area contributed by atoms with Crippen LogP contribution in [0.4, 0.5) is 11.4 Å². The van der Waals surface area contributed by atoms with E-state index in [0.717, 1.165) is 18.8 Å². The second kappa shape index (κ2) is 9.80. The third kappa shape index (κ3) is 4.95. The molecule has 0 spiro atoms. The molecule has 0 unspecified atom stereocenters. The molecule has 1 aromatic heterocycles. The van der Waals surface area contributed by atoms with Gasteiger partial charge in [0, 0.05) is 54.5 Å². The number of pyridine rings is 1. The molecule has 1 amide bonds. The third-order valence-electron chi connectivity index (χ3n) is 6.51. The van der Waals surface area contributed by atoms with Crippen LogP contribution in [0.15, 0.2) is 58.2 Å². The predicted octanol–water partition coefficient (Wildman–Crippen LogP) is 2.79. The van der Waals surface area contributed by atoms with E-state index in [1.54, 1.807) is 0 Å². The highest BCUT2D eigenvalue weighted by molar-refractivity contribution is 7.89. The van der Waals surface area contributed by atoms with Gasteiger partial charge in [-0.2, -0.15) is 4.31 Å². The summed E-state index contributed by atoms with van der Waals surface area (Å²) < 4.78 is 32.9. The number of amides is 1. The van der Waals surface area contributed by atoms with Gasteiger partial charge in [0.25, 0.3) is 5.91 Å². The average Bonchev–Trinajstić information content (AvgIpc) is 2.89. The Morgan fingerprint density at radius 3 is 2.34 bits per heavy atom. The number of hydrogen-bond acceptors (Lipinski definition) is 6. The lowest BCUT2D eigenvalue weighted by Crippen LogP contribution is -2.40. The number of sulfonamides is 1. The highest BCUT2D eigenvalue weighted by Gasteiger charge is 2.27. The maximum Gasteiger partial charge on any atom is 0.256 e. The van der Waals surface area contributed by atoms with Gasteiger partial charge in [-0.25, -0.2) is 8.42 Å². The number of aromatic nitrogens is 1. The van der Waals surface area contributed by atoms with Crippen molar-refractivity contribution < 1.29 is 17.9 Å². The zero-order valence-electron chi connectivity index (χ0n) is 19.3. The van der Waals surface area contributed by atoms with Crippen LogP contribution in [0.1, 0.15) is 29.6 Å². The van der Waals surface area contributed by atoms with Crippen molar-refractivity contribution >= 4 is 38.2 Å². The van der Waals surface area contributed by atoms with Crippen molar-refractivity contribution in [2.24, 2.45) is 0 Å². The highest BCUT2D eigenvalue weighted by atomic mass is 32.2. The highest BCUT2D eigenvalue weighted by Crippen LogP contribution is 2.25. The molecule has 3 heterocycles. The molecule has 3 aromatic rings. The van der Waals surface area contributed by atoms with Crippen molar-refractivity contribution in [2.45, 2.75) is 24.2 Å². The maximum absolute atomic E-state index is 13.2. The van der Waals surface area contributed by atoms with E-state index < -0.39 is 21.5 Å². The van der Waals surface area contributed by atoms with Crippen LogP contribution in [0.5, 0.6) is 0 Å². The molecule has 0 bridgehead atoms. The van der Waals surface area contributed by atoms with Gasteiger partial charge in [-0.1, -0.05) is 0 Å². The number of carbonyl (C=O) groups excluding carboxylic acids is 1. The van der Waals surface area contributed by atoms with Crippen LogP contribution in [0, 0.1) is 0 Å². The molecule has 2 N–H and O–H groups in total. The molecule has 2 aromatic carbocycles. The van der Waals surface area contributed by atoms with Crippen molar-refractivity contribution in [2.75, 3.05) is 49.6 Å². The van der Waals surface area contributed by atoms with E-state index in [0.29, 0.717) is 29.8 Å². The van der Waals surface area contributed by atoms with Crippen molar-refractivity contribution in [1.29, 1.82) is 0 Å². The maximum atomic E-state index is 13.2. The smallest absolute Gasteiger partial charge is 0.256 e. The standard InChI is InChI=1S/C25H28N4O5S/c30-24-17-22(25(31)26-18-4-6-19(7-5-18)28-10-2-1-3-11-28)21-16-20(8-9-23(21)27-24)35(32,33)29-12-14-34-15-13-29/h4-9,16-17H,1-3,10-15H2,(H,26,31)(H,27,30). The van der Waals surface area contributed by atoms with E-state index in [9.17, 15) is 18.0 Å². The van der Waals surface area contributed by atoms with Crippen LogP contribution in [-0.4, -0.2) is 63.0 Å². The number of morpholine rings is 1. The first kappa shape index (κ1) is 23.5. The van der Waals surface area contributed by atoms with Gasteiger partial charge in [-0.15, -0.1) is 0 Å². The van der Waals surface area contributed by atoms with Gasteiger partial charge in [0.15, 0.2) is 0 Å². The van der Waals surface area contributed by atoms with Gasteiger partial charge >= 0.3 is 0 Å². The fourth-order valence-electron chi connectivity index (χ4n) is 4.62. The summed E-state index contributed by atoms with van der Waals surface area (Å²) >= 11 is 0. The lowest BCUT2D eigenvalue weighted by Gasteiger charge is -2.28. The molecule has 2 aliphatic rings. The number of rotatable bonds is 5. The molecule has 184 valence electrons. The number of piperidine rings is 1. The van der Waals surface area contributed by atoms with E-state index >= 15 is 0 Å². The molecule has 0 atom stereocenters. The molecular formula is C25H28N4O5S. The van der Waals surface area contributed by atoms with Crippen LogP contribution in [-0.2, 0) is 14.8 Å². The summed E-state index contributed by atoms with van der Waals surface area (Å²) in [4.78, 5) is 30.5. The monoisotopic (exact) mass is 496 g/mol. The van der Waals surface area contributed by atoms with Crippen molar-refractivity contribution in [3.63, 3.8) is 0 Å². The molecule has 5 rings (SSSR count). The minimum absolute atomic E-state index is 0.0684. The second-order valence-electron chi connectivity index (χ2n) is 8.82. The van der Waals surface area contributed by atoms with Crippen LogP contribution < -0.4 is 15.8 Å². The Hall–Kier alpha value is -3.21. The number of H-pyrrole nitrogens is 1. The van der Waals surface area contributed by atoms with Crippen molar-refractivity contribution in [3.05, 3.63) is 64.4 Å². The Morgan fingerprint density at radius 2 is 1.63 bits per heavy atom. The van der Waals surface area contributed by atoms with Gasteiger partial charge in [-0.05, 0) is 61.7 Å². The number of nitrogens with one attached hydrogen (secondary N) is 2. The quantitative estimate of drug-likeness (QED) is 0.562. The topological polar surface area (TPSA) is 112 Å². The minimum atomic E-state index is -3.76. The third-order valence-corrected chi connectivity index (χ3v) is 8.41. The Kier molecular flexibility index (Phi) is 6.59. The Labute approximate surface area is 203 Å². The van der Waals surface area contributed by atoms with Gasteiger partial charge in [0.2, 0.25) is 15.6 Å². The van der Waals surface area contributed by atoms with Gasteiger partial charge < -0.3 is 19.9 Å². The zero-order chi connectivity index (χ0) is 24.4. The van der Waals surface area contributed by atoms with Crippen LogP contribution >= 0.6 is 0 Å². The van der Waals surface area contributed by atoms with Crippen LogP contribution in [0.25, 0.3) is 10.9 Å². The summed E-state index contributed by atoms with van der Waals surface area (Å²) in [6.07, 6.45) is 3.61. The molecule has 0 aliphatic carbocycles. The number of anilines is 2. The summed E-state index contributed by atoms with van der Waals surface area (Å²) in [6, 6.07) is 13.2. The number of hydrogen-bond donors (Lipinski definition) is 2. The molecule has 2 fully saturated rings. The van der Waals surface area contributed by atoms with E-state index in [1.165, 1.54) is 47.8 Å². The first-order chi connectivity index (χ1) is 16.9. The Bertz CT molecular complexity index is 1390. The molecular weight excluding hydrogens is 468 g/mol. The average molecular weight is 497 g/mol. The fraction of sp³-hybridized carbons (Fsp3) is 0.360. The number of fused-ring (bicyclic) bond motifs is 1. The van der Waals surface area contributed by atoms with E-state index in [4.69, 9.17) is 4.74 Å². The summed E-state index contributed by atoms with van der Waals surface area (Å²) in [6.45, 7) is 3.27. The summed E-state index contributed by atoms with van der Waals surface area (Å²) in [7, 11) is -3.76. The van der Waals surface area contributed by atoms with Crippen LogP contribution in [0.2, 0.25) is 0 Å². The first-order valence-electron chi connectivity index (χ1n) is 11.8. The van der Waals surface area contributed by atoms with Gasteiger partial charge in [0.1, 0.15) is 0 Å². The summed E-state index contributed by atoms with van der Waals surface area (Å²) in [5.41, 5.74) is 1.78. The fourth-order valence-corrected chi connectivity index (χ4v) is 6.06. The molecule has 10 heteroatoms. The number of carbonyl (C=O) groups is 1.